The van der Waals surface area contributed by atoms with Crippen molar-refractivity contribution in [3.8, 4) is 0 Å². The zero-order valence-electron chi connectivity index (χ0n) is 5.92. The first-order chi connectivity index (χ1) is 5.27. The molecule has 0 amide bonds. The van der Waals surface area contributed by atoms with Gasteiger partial charge in [-0.2, -0.15) is 0 Å². The van der Waals surface area contributed by atoms with Crippen molar-refractivity contribution in [2.45, 2.75) is 6.92 Å². The van der Waals surface area contributed by atoms with Gasteiger partial charge in [-0.15, -0.1) is 0 Å². The minimum absolute atomic E-state index is 0.633. The summed E-state index contributed by atoms with van der Waals surface area (Å²) in [4.78, 5) is 7.03. The van der Waals surface area contributed by atoms with E-state index in [0.717, 1.165) is 10.0 Å². The lowest BCUT2D eigenvalue weighted by molar-refractivity contribution is 0.551. The molecule has 56 valence electrons. The quantitative estimate of drug-likeness (QED) is 0.610. The molecule has 0 aliphatic rings. The van der Waals surface area contributed by atoms with E-state index in [0.29, 0.717) is 11.6 Å². The Hall–Kier alpha value is -1.16. The van der Waals surface area contributed by atoms with Crippen LogP contribution in [0.2, 0.25) is 0 Å². The van der Waals surface area contributed by atoms with Gasteiger partial charge in [0.25, 0.3) is 0 Å². The van der Waals surface area contributed by atoms with Gasteiger partial charge in [0, 0.05) is 13.1 Å². The number of aromatic nitrogens is 2. The summed E-state index contributed by atoms with van der Waals surface area (Å²) in [6.07, 6.45) is 1.75. The molecule has 0 aliphatic heterocycles. The molecular formula is C7H6N2OS. The molecule has 0 atom stereocenters. The lowest BCUT2D eigenvalue weighted by atomic mass is 10.4. The van der Waals surface area contributed by atoms with Crippen molar-refractivity contribution in [2.75, 3.05) is 0 Å². The Kier molecular flexibility index (Phi) is 1.29. The van der Waals surface area contributed by atoms with E-state index in [1.165, 1.54) is 0 Å². The predicted molar refractivity (Wildman–Crippen MR) is 43.9 cm³/mol. The highest BCUT2D eigenvalue weighted by Gasteiger charge is 2.01. The van der Waals surface area contributed by atoms with E-state index in [-0.39, 0.29) is 0 Å². The molecule has 4 heteroatoms. The second-order valence-electron chi connectivity index (χ2n) is 2.25. The summed E-state index contributed by atoms with van der Waals surface area (Å²) in [5, 5.41) is 0. The molecule has 0 spiro atoms. The SMILES string of the molecule is Cc1nc2c(=S)cc[nH]c2o1. The van der Waals surface area contributed by atoms with Crippen LogP contribution >= 0.6 is 12.2 Å². The maximum absolute atomic E-state index is 5.22. The van der Waals surface area contributed by atoms with Crippen molar-refractivity contribution in [1.29, 1.82) is 0 Å². The molecule has 2 aromatic heterocycles. The summed E-state index contributed by atoms with van der Waals surface area (Å²) in [5.41, 5.74) is 1.38. The standard InChI is InChI=1S/C7H6N2OS/c1-4-9-6-5(11)2-3-8-7(6)10-4/h2-3H,1H3,(H,8,11). The third-order valence-corrected chi connectivity index (χ3v) is 1.75. The third-order valence-electron chi connectivity index (χ3n) is 1.42. The highest BCUT2D eigenvalue weighted by molar-refractivity contribution is 7.71. The summed E-state index contributed by atoms with van der Waals surface area (Å²) in [7, 11) is 0. The maximum atomic E-state index is 5.22. The van der Waals surface area contributed by atoms with Crippen LogP contribution in [0.25, 0.3) is 11.2 Å². The Bertz CT molecular complexity index is 443. The number of nitrogens with one attached hydrogen (secondary N) is 1. The Labute approximate surface area is 68.1 Å². The highest BCUT2D eigenvalue weighted by Crippen LogP contribution is 2.12. The van der Waals surface area contributed by atoms with E-state index in [1.54, 1.807) is 19.2 Å². The Morgan fingerprint density at radius 2 is 2.45 bits per heavy atom. The normalized spacial score (nSPS) is 10.6. The fourth-order valence-corrected chi connectivity index (χ4v) is 1.17. The Morgan fingerprint density at radius 1 is 1.64 bits per heavy atom. The topological polar surface area (TPSA) is 41.8 Å². The van der Waals surface area contributed by atoms with Crippen molar-refractivity contribution in [3.63, 3.8) is 0 Å². The van der Waals surface area contributed by atoms with E-state index in [4.69, 9.17) is 16.6 Å². The summed E-state index contributed by atoms with van der Waals surface area (Å²) in [6.45, 7) is 1.79. The van der Waals surface area contributed by atoms with Crippen LogP contribution in [0.5, 0.6) is 0 Å². The molecule has 0 saturated carbocycles. The molecule has 3 nitrogen and oxygen atoms in total. The smallest absolute Gasteiger partial charge is 0.226 e. The van der Waals surface area contributed by atoms with E-state index in [2.05, 4.69) is 9.97 Å². The molecule has 0 radical (unpaired) electrons. The van der Waals surface area contributed by atoms with Gasteiger partial charge in [-0.05, 0) is 6.07 Å². The van der Waals surface area contributed by atoms with Gasteiger partial charge in [-0.3, -0.25) is 0 Å². The number of fused-ring (bicyclic) bond motifs is 1. The minimum atomic E-state index is 0.633. The number of aryl methyl sites for hydroxylation is 1. The van der Waals surface area contributed by atoms with E-state index in [9.17, 15) is 0 Å². The van der Waals surface area contributed by atoms with Crippen molar-refractivity contribution in [3.05, 3.63) is 22.7 Å². The van der Waals surface area contributed by atoms with Crippen molar-refractivity contribution in [1.82, 2.24) is 9.97 Å². The van der Waals surface area contributed by atoms with Crippen LogP contribution in [0, 0.1) is 11.4 Å². The largest absolute Gasteiger partial charge is 0.425 e. The van der Waals surface area contributed by atoms with E-state index >= 15 is 0 Å². The highest BCUT2D eigenvalue weighted by atomic mass is 32.1. The van der Waals surface area contributed by atoms with Crippen LogP contribution < -0.4 is 0 Å². The number of nitrogens with zero attached hydrogens (tertiary/aromatic N) is 1. The fourth-order valence-electron chi connectivity index (χ4n) is 0.964. The Balaban J connectivity index is 3.02. The van der Waals surface area contributed by atoms with Gasteiger partial charge in [-0.25, -0.2) is 4.98 Å². The molecule has 0 aromatic carbocycles. The molecule has 1 N–H and O–H groups in total. The van der Waals surface area contributed by atoms with Gasteiger partial charge < -0.3 is 9.40 Å². The number of oxazole rings is 1. The van der Waals surface area contributed by atoms with Gasteiger partial charge in [0.2, 0.25) is 5.71 Å². The van der Waals surface area contributed by atoms with Gasteiger partial charge in [0.15, 0.2) is 5.89 Å². The molecule has 0 aliphatic carbocycles. The Morgan fingerprint density at radius 3 is 3.18 bits per heavy atom. The van der Waals surface area contributed by atoms with Crippen LogP contribution in [-0.4, -0.2) is 9.97 Å². The average molecular weight is 166 g/mol. The summed E-state index contributed by atoms with van der Waals surface area (Å²) >= 11 is 5.02. The fraction of sp³-hybridized carbons (Fsp3) is 0.143. The van der Waals surface area contributed by atoms with Crippen LogP contribution in [0.3, 0.4) is 0 Å². The second kappa shape index (κ2) is 2.17. The molecule has 0 saturated heterocycles. The van der Waals surface area contributed by atoms with E-state index in [1.807, 2.05) is 0 Å². The monoisotopic (exact) mass is 166 g/mol. The van der Waals surface area contributed by atoms with Gasteiger partial charge in [0.05, 0.1) is 4.51 Å². The summed E-state index contributed by atoms with van der Waals surface area (Å²) in [6, 6.07) is 1.79. The molecule has 2 rings (SSSR count). The molecule has 0 unspecified atom stereocenters. The zero-order chi connectivity index (χ0) is 7.84. The molecule has 0 fully saturated rings. The third kappa shape index (κ3) is 0.952. The summed E-state index contributed by atoms with van der Waals surface area (Å²) < 4.78 is 5.93. The lowest BCUT2D eigenvalue weighted by Crippen LogP contribution is -1.73. The van der Waals surface area contributed by atoms with Crippen molar-refractivity contribution < 1.29 is 4.42 Å². The van der Waals surface area contributed by atoms with Gasteiger partial charge in [0.1, 0.15) is 5.52 Å². The molecule has 2 heterocycles. The van der Waals surface area contributed by atoms with Crippen LogP contribution in [0.1, 0.15) is 5.89 Å². The first kappa shape index (κ1) is 6.54. The van der Waals surface area contributed by atoms with Crippen LogP contribution in [-0.2, 0) is 0 Å². The van der Waals surface area contributed by atoms with Gasteiger partial charge >= 0.3 is 0 Å². The zero-order valence-corrected chi connectivity index (χ0v) is 6.73. The first-order valence-electron chi connectivity index (χ1n) is 3.22. The van der Waals surface area contributed by atoms with Crippen molar-refractivity contribution in [2.24, 2.45) is 0 Å². The number of H-pyrrole nitrogens is 1. The molecule has 0 bridgehead atoms. The van der Waals surface area contributed by atoms with Gasteiger partial charge in [-0.1, -0.05) is 12.2 Å². The van der Waals surface area contributed by atoms with Crippen LogP contribution in [0.15, 0.2) is 16.7 Å². The number of pyridine rings is 1. The van der Waals surface area contributed by atoms with Crippen molar-refractivity contribution >= 4 is 23.4 Å². The van der Waals surface area contributed by atoms with Crippen LogP contribution in [0.4, 0.5) is 0 Å². The number of hydrogen-bond acceptors (Lipinski definition) is 3. The second-order valence-corrected chi connectivity index (χ2v) is 2.69. The van der Waals surface area contributed by atoms with E-state index < -0.39 is 0 Å². The summed E-state index contributed by atoms with van der Waals surface area (Å²) in [5.74, 6) is 0.633. The average Bonchev–Trinajstić information content (AvgIpc) is 2.31. The lowest BCUT2D eigenvalue weighted by Gasteiger charge is -1.83. The maximum Gasteiger partial charge on any atom is 0.226 e. The number of hydrogen-bond donors (Lipinski definition) is 1. The minimum Gasteiger partial charge on any atom is -0.425 e. The molecule has 11 heavy (non-hydrogen) atoms. The molecular weight excluding hydrogens is 160 g/mol. The first-order valence-corrected chi connectivity index (χ1v) is 3.63. The number of aromatic amines is 1. The number of rotatable bonds is 0. The predicted octanol–water partition coefficient (Wildman–Crippen LogP) is 2.19. The molecule has 2 aromatic rings.